The highest BCUT2D eigenvalue weighted by Gasteiger charge is 2.20. The van der Waals surface area contributed by atoms with Gasteiger partial charge in [0.2, 0.25) is 5.82 Å². The highest BCUT2D eigenvalue weighted by Crippen LogP contribution is 2.28. The van der Waals surface area contributed by atoms with Gasteiger partial charge in [-0.1, -0.05) is 0 Å². The highest BCUT2D eigenvalue weighted by molar-refractivity contribution is 5.85. The van der Waals surface area contributed by atoms with Gasteiger partial charge in [0.1, 0.15) is 5.82 Å². The van der Waals surface area contributed by atoms with Crippen LogP contribution in [0.3, 0.4) is 0 Å². The summed E-state index contributed by atoms with van der Waals surface area (Å²) in [6.45, 7) is 2.14. The maximum Gasteiger partial charge on any atom is 0.376 e. The molecule has 1 saturated carbocycles. The Labute approximate surface area is 106 Å². The van der Waals surface area contributed by atoms with Crippen LogP contribution in [0.2, 0.25) is 0 Å². The number of hydrogen-bond acceptors (Lipinski definition) is 6. The van der Waals surface area contributed by atoms with E-state index in [2.05, 4.69) is 20.0 Å². The first-order valence-electron chi connectivity index (χ1n) is 6.02. The molecule has 1 N–H and O–H groups in total. The Bertz CT molecular complexity index is 407. The molecule has 0 spiro atoms. The number of aromatic nitrogens is 2. The third-order valence-corrected chi connectivity index (χ3v) is 2.63. The van der Waals surface area contributed by atoms with Crippen molar-refractivity contribution in [1.29, 1.82) is 0 Å². The van der Waals surface area contributed by atoms with Gasteiger partial charge in [-0.3, -0.25) is 0 Å². The van der Waals surface area contributed by atoms with E-state index in [9.17, 15) is 4.79 Å². The molecule has 1 aliphatic carbocycles. The number of carbonyl (C=O) groups excluding carboxylic acids is 1. The monoisotopic (exact) mass is 251 g/mol. The van der Waals surface area contributed by atoms with Crippen LogP contribution in [0.1, 0.15) is 23.5 Å². The summed E-state index contributed by atoms with van der Waals surface area (Å²) in [5.74, 6) is 0.889. The lowest BCUT2D eigenvalue weighted by Gasteiger charge is -2.06. The molecular weight excluding hydrogens is 234 g/mol. The molecule has 0 bridgehead atoms. The smallest absolute Gasteiger partial charge is 0.376 e. The third kappa shape index (κ3) is 3.96. The zero-order valence-corrected chi connectivity index (χ0v) is 10.4. The molecule has 0 amide bonds. The molecule has 98 valence electrons. The Kier molecular flexibility index (Phi) is 4.46. The first kappa shape index (κ1) is 12.8. The van der Waals surface area contributed by atoms with E-state index in [1.54, 1.807) is 6.07 Å². The quantitative estimate of drug-likeness (QED) is 0.578. The fourth-order valence-electron chi connectivity index (χ4n) is 1.43. The second-order valence-corrected chi connectivity index (χ2v) is 4.20. The van der Waals surface area contributed by atoms with Crippen LogP contribution >= 0.6 is 0 Å². The maximum atomic E-state index is 11.2. The molecule has 2 rings (SSSR count). The summed E-state index contributed by atoms with van der Waals surface area (Å²) in [4.78, 5) is 19.1. The first-order valence-corrected chi connectivity index (χ1v) is 6.02. The van der Waals surface area contributed by atoms with Crippen LogP contribution in [0.15, 0.2) is 12.3 Å². The van der Waals surface area contributed by atoms with Crippen molar-refractivity contribution in [3.8, 4) is 0 Å². The molecule has 0 saturated heterocycles. The predicted molar refractivity (Wildman–Crippen MR) is 65.4 cm³/mol. The van der Waals surface area contributed by atoms with Crippen LogP contribution in [0.25, 0.3) is 0 Å². The maximum absolute atomic E-state index is 11.2. The summed E-state index contributed by atoms with van der Waals surface area (Å²) >= 11 is 0. The van der Waals surface area contributed by atoms with Crippen molar-refractivity contribution in [3.05, 3.63) is 18.1 Å². The number of carbonyl (C=O) groups is 1. The van der Waals surface area contributed by atoms with Crippen molar-refractivity contribution in [2.75, 3.05) is 32.2 Å². The van der Waals surface area contributed by atoms with E-state index in [1.807, 2.05) is 0 Å². The molecule has 0 aliphatic heterocycles. The van der Waals surface area contributed by atoms with Crippen molar-refractivity contribution < 1.29 is 14.3 Å². The van der Waals surface area contributed by atoms with Gasteiger partial charge in [0, 0.05) is 19.3 Å². The van der Waals surface area contributed by atoms with Crippen LogP contribution in [0, 0.1) is 5.92 Å². The van der Waals surface area contributed by atoms with E-state index < -0.39 is 5.97 Å². The van der Waals surface area contributed by atoms with Gasteiger partial charge < -0.3 is 14.8 Å². The number of anilines is 1. The average molecular weight is 251 g/mol. The molecule has 0 unspecified atom stereocenters. The van der Waals surface area contributed by atoms with Gasteiger partial charge in [-0.25, -0.2) is 14.8 Å². The Balaban J connectivity index is 1.72. The van der Waals surface area contributed by atoms with Crippen molar-refractivity contribution in [3.63, 3.8) is 0 Å². The number of methoxy groups -OCH3 is 1. The molecule has 0 radical (unpaired) electrons. The van der Waals surface area contributed by atoms with Crippen LogP contribution in [-0.4, -0.2) is 42.8 Å². The summed E-state index contributed by atoms with van der Waals surface area (Å²) in [7, 11) is 1.30. The molecule has 1 aromatic heterocycles. The number of ether oxygens (including phenoxy) is 2. The number of esters is 1. The minimum absolute atomic E-state index is 0.0569. The molecule has 1 heterocycles. The van der Waals surface area contributed by atoms with Crippen LogP contribution in [-0.2, 0) is 9.47 Å². The Morgan fingerprint density at radius 2 is 2.39 bits per heavy atom. The Morgan fingerprint density at radius 3 is 3.11 bits per heavy atom. The van der Waals surface area contributed by atoms with Crippen LogP contribution in [0.4, 0.5) is 5.82 Å². The zero-order valence-electron chi connectivity index (χ0n) is 10.4. The van der Waals surface area contributed by atoms with Crippen LogP contribution in [0.5, 0.6) is 0 Å². The van der Waals surface area contributed by atoms with Gasteiger partial charge in [-0.15, -0.1) is 0 Å². The normalized spacial score (nSPS) is 14.3. The topological polar surface area (TPSA) is 73.3 Å². The van der Waals surface area contributed by atoms with Gasteiger partial charge in [-0.2, -0.15) is 0 Å². The molecule has 1 aromatic rings. The van der Waals surface area contributed by atoms with Crippen molar-refractivity contribution >= 4 is 11.8 Å². The molecule has 18 heavy (non-hydrogen) atoms. The second kappa shape index (κ2) is 6.30. The van der Waals surface area contributed by atoms with Crippen LogP contribution < -0.4 is 5.32 Å². The molecule has 6 nitrogen and oxygen atoms in total. The lowest BCUT2D eigenvalue weighted by molar-refractivity contribution is 0.0587. The molecule has 0 atom stereocenters. The van der Waals surface area contributed by atoms with Gasteiger partial charge in [0.25, 0.3) is 0 Å². The average Bonchev–Trinajstić information content (AvgIpc) is 3.22. The largest absolute Gasteiger partial charge is 0.463 e. The number of nitrogens with zero attached hydrogens (tertiary/aromatic N) is 2. The second-order valence-electron chi connectivity index (χ2n) is 4.20. The van der Waals surface area contributed by atoms with Gasteiger partial charge in [0.05, 0.1) is 13.7 Å². The van der Waals surface area contributed by atoms with E-state index in [-0.39, 0.29) is 5.82 Å². The Morgan fingerprint density at radius 1 is 1.56 bits per heavy atom. The molecule has 1 aliphatic rings. The van der Waals surface area contributed by atoms with Gasteiger partial charge >= 0.3 is 5.97 Å². The summed E-state index contributed by atoms with van der Waals surface area (Å²) < 4.78 is 10.0. The summed E-state index contributed by atoms with van der Waals surface area (Å²) in [5, 5.41) is 3.07. The van der Waals surface area contributed by atoms with E-state index in [0.29, 0.717) is 19.0 Å². The lowest BCUT2D eigenvalue weighted by atomic mass is 10.5. The van der Waals surface area contributed by atoms with E-state index in [1.165, 1.54) is 26.1 Å². The standard InChI is InChI=1S/C12H17N3O3/c1-17-12(16)11-14-5-4-10(15-11)13-6-7-18-8-9-2-3-9/h4-5,9H,2-3,6-8H2,1H3,(H,13,14,15). The minimum atomic E-state index is -0.538. The molecule has 1 fully saturated rings. The molecule has 6 heteroatoms. The fraction of sp³-hybridized carbons (Fsp3) is 0.583. The van der Waals surface area contributed by atoms with Crippen molar-refractivity contribution in [1.82, 2.24) is 9.97 Å². The third-order valence-electron chi connectivity index (χ3n) is 2.63. The van der Waals surface area contributed by atoms with E-state index >= 15 is 0 Å². The number of rotatable bonds is 7. The SMILES string of the molecule is COC(=O)c1nccc(NCCOCC2CC2)n1. The minimum Gasteiger partial charge on any atom is -0.463 e. The molecule has 0 aromatic carbocycles. The molecular formula is C12H17N3O3. The van der Waals surface area contributed by atoms with E-state index in [4.69, 9.17) is 4.74 Å². The summed E-state index contributed by atoms with van der Waals surface area (Å²) in [6.07, 6.45) is 4.11. The fourth-order valence-corrected chi connectivity index (χ4v) is 1.43. The predicted octanol–water partition coefficient (Wildman–Crippen LogP) is 1.10. The summed E-state index contributed by atoms with van der Waals surface area (Å²) in [5.41, 5.74) is 0. The zero-order chi connectivity index (χ0) is 12.8. The van der Waals surface area contributed by atoms with Gasteiger partial charge in [0.15, 0.2) is 0 Å². The first-order chi connectivity index (χ1) is 8.79. The summed E-state index contributed by atoms with van der Waals surface area (Å²) in [6, 6.07) is 1.70. The van der Waals surface area contributed by atoms with Gasteiger partial charge in [-0.05, 0) is 24.8 Å². The lowest BCUT2D eigenvalue weighted by Crippen LogP contribution is -2.14. The number of nitrogens with one attached hydrogen (secondary N) is 1. The Hall–Kier alpha value is -1.69. The number of hydrogen-bond donors (Lipinski definition) is 1. The van der Waals surface area contributed by atoms with Crippen molar-refractivity contribution in [2.45, 2.75) is 12.8 Å². The highest BCUT2D eigenvalue weighted by atomic mass is 16.5. The van der Waals surface area contributed by atoms with E-state index in [0.717, 1.165) is 12.5 Å². The van der Waals surface area contributed by atoms with Crippen molar-refractivity contribution in [2.24, 2.45) is 5.92 Å².